The maximum Gasteiger partial charge on any atom is 0.261 e. The molecule has 0 spiro atoms. The molecular formula is C20H11ClN2O3. The number of ketones is 1. The van der Waals surface area contributed by atoms with Gasteiger partial charge in [-0.1, -0.05) is 48.0 Å². The molecule has 1 unspecified atom stereocenters. The Kier molecular flexibility index (Phi) is 3.07. The average molecular weight is 363 g/mol. The summed E-state index contributed by atoms with van der Waals surface area (Å²) in [5, 5.41) is 21.4. The standard InChI is InChI=1S/C20H11ClN2O3/c21-13-9-7-12(8-10-13)18-22-23-19(26-18)20(25)15-6-2-4-11-3-1-5-14(16(11)15)17(20)24/h1-10,25H. The summed E-state index contributed by atoms with van der Waals surface area (Å²) >= 11 is 5.89. The first-order chi connectivity index (χ1) is 12.6. The fourth-order valence-corrected chi connectivity index (χ4v) is 3.57. The van der Waals surface area contributed by atoms with Crippen molar-refractivity contribution in [3.63, 3.8) is 0 Å². The van der Waals surface area contributed by atoms with Crippen LogP contribution >= 0.6 is 11.6 Å². The Morgan fingerprint density at radius 3 is 2.46 bits per heavy atom. The van der Waals surface area contributed by atoms with E-state index in [9.17, 15) is 9.90 Å². The van der Waals surface area contributed by atoms with Crippen LogP contribution in [0.1, 0.15) is 21.8 Å². The number of carbonyl (C=O) groups excluding carboxylic acids is 1. The molecule has 26 heavy (non-hydrogen) atoms. The topological polar surface area (TPSA) is 76.2 Å². The minimum atomic E-state index is -1.99. The molecule has 1 atom stereocenters. The van der Waals surface area contributed by atoms with E-state index in [1.807, 2.05) is 12.1 Å². The van der Waals surface area contributed by atoms with E-state index in [0.29, 0.717) is 27.1 Å². The van der Waals surface area contributed by atoms with Gasteiger partial charge in [0.05, 0.1) is 0 Å². The molecule has 0 radical (unpaired) electrons. The van der Waals surface area contributed by atoms with Gasteiger partial charge in [-0.15, -0.1) is 10.2 Å². The van der Waals surface area contributed by atoms with Crippen LogP contribution in [-0.2, 0) is 5.60 Å². The molecule has 0 bridgehead atoms. The van der Waals surface area contributed by atoms with Gasteiger partial charge < -0.3 is 9.52 Å². The van der Waals surface area contributed by atoms with Crippen molar-refractivity contribution in [1.29, 1.82) is 0 Å². The maximum absolute atomic E-state index is 13.0. The van der Waals surface area contributed by atoms with Gasteiger partial charge in [-0.05, 0) is 35.0 Å². The van der Waals surface area contributed by atoms with E-state index >= 15 is 0 Å². The minimum absolute atomic E-state index is 0.142. The summed E-state index contributed by atoms with van der Waals surface area (Å²) < 4.78 is 5.69. The fourth-order valence-electron chi connectivity index (χ4n) is 3.44. The summed E-state index contributed by atoms with van der Waals surface area (Å²) in [6.07, 6.45) is 0. The van der Waals surface area contributed by atoms with E-state index in [1.165, 1.54) is 0 Å². The highest BCUT2D eigenvalue weighted by Crippen LogP contribution is 2.44. The summed E-state index contributed by atoms with van der Waals surface area (Å²) in [4.78, 5) is 13.0. The molecule has 0 saturated heterocycles. The number of Topliss-reactive ketones (excluding diaryl/α,β-unsaturated/α-hetero) is 1. The van der Waals surface area contributed by atoms with Crippen LogP contribution in [0, 0.1) is 0 Å². The molecule has 0 aliphatic heterocycles. The number of benzene rings is 3. The van der Waals surface area contributed by atoms with Crippen LogP contribution < -0.4 is 0 Å². The van der Waals surface area contributed by atoms with E-state index in [4.69, 9.17) is 16.0 Å². The zero-order valence-electron chi connectivity index (χ0n) is 13.3. The molecule has 126 valence electrons. The third-order valence-electron chi connectivity index (χ3n) is 4.69. The molecule has 6 heteroatoms. The van der Waals surface area contributed by atoms with E-state index < -0.39 is 11.4 Å². The molecule has 0 fully saturated rings. The molecule has 1 heterocycles. The van der Waals surface area contributed by atoms with Crippen LogP contribution in [0.3, 0.4) is 0 Å². The molecule has 1 aliphatic carbocycles. The van der Waals surface area contributed by atoms with Gasteiger partial charge in [0.25, 0.3) is 5.89 Å². The molecule has 4 aromatic rings. The second-order valence-electron chi connectivity index (χ2n) is 6.17. The zero-order valence-corrected chi connectivity index (χ0v) is 14.1. The van der Waals surface area contributed by atoms with E-state index in [2.05, 4.69) is 10.2 Å². The normalized spacial score (nSPS) is 18.6. The number of hydrogen-bond donors (Lipinski definition) is 1. The number of hydrogen-bond acceptors (Lipinski definition) is 5. The lowest BCUT2D eigenvalue weighted by Crippen LogP contribution is -2.33. The Hall–Kier alpha value is -3.02. The Bertz CT molecular complexity index is 1180. The van der Waals surface area contributed by atoms with Gasteiger partial charge in [0, 0.05) is 21.7 Å². The lowest BCUT2D eigenvalue weighted by molar-refractivity contribution is 0.0405. The quantitative estimate of drug-likeness (QED) is 0.583. The predicted molar refractivity (Wildman–Crippen MR) is 96.0 cm³/mol. The van der Waals surface area contributed by atoms with Crippen molar-refractivity contribution in [2.24, 2.45) is 0 Å². The Labute approximate surface area is 152 Å². The van der Waals surface area contributed by atoms with Crippen molar-refractivity contribution in [2.45, 2.75) is 5.60 Å². The summed E-state index contributed by atoms with van der Waals surface area (Å²) in [5.41, 5.74) is -0.424. The summed E-state index contributed by atoms with van der Waals surface area (Å²) in [7, 11) is 0. The van der Waals surface area contributed by atoms with Crippen LogP contribution in [0.2, 0.25) is 5.02 Å². The summed E-state index contributed by atoms with van der Waals surface area (Å²) in [6, 6.07) is 17.7. The van der Waals surface area contributed by atoms with E-state index in [1.54, 1.807) is 48.5 Å². The molecule has 1 N–H and O–H groups in total. The summed E-state index contributed by atoms with van der Waals surface area (Å²) in [6.45, 7) is 0. The lowest BCUT2D eigenvalue weighted by Gasteiger charge is -2.17. The zero-order chi connectivity index (χ0) is 17.9. The third kappa shape index (κ3) is 1.92. The van der Waals surface area contributed by atoms with Gasteiger partial charge in [0.2, 0.25) is 17.3 Å². The second kappa shape index (κ2) is 5.24. The lowest BCUT2D eigenvalue weighted by atomic mass is 9.94. The Morgan fingerprint density at radius 1 is 0.962 bits per heavy atom. The molecule has 5 nitrogen and oxygen atoms in total. The summed E-state index contributed by atoms with van der Waals surface area (Å²) in [5.74, 6) is -0.396. The van der Waals surface area contributed by atoms with Crippen molar-refractivity contribution in [3.8, 4) is 11.5 Å². The number of aromatic nitrogens is 2. The SMILES string of the molecule is O=C1c2cccc3cccc(c23)C1(O)c1nnc(-c2ccc(Cl)cc2)o1. The van der Waals surface area contributed by atoms with Gasteiger partial charge in [0.15, 0.2) is 0 Å². The highest BCUT2D eigenvalue weighted by atomic mass is 35.5. The number of rotatable bonds is 2. The van der Waals surface area contributed by atoms with Crippen LogP contribution in [0.4, 0.5) is 0 Å². The average Bonchev–Trinajstić information content (AvgIpc) is 3.24. The Morgan fingerprint density at radius 2 is 1.69 bits per heavy atom. The highest BCUT2D eigenvalue weighted by molar-refractivity contribution is 6.30. The van der Waals surface area contributed by atoms with Crippen LogP contribution in [-0.4, -0.2) is 21.1 Å². The molecule has 1 aliphatic rings. The first-order valence-electron chi connectivity index (χ1n) is 7.98. The molecular weight excluding hydrogens is 352 g/mol. The first kappa shape index (κ1) is 15.3. The van der Waals surface area contributed by atoms with Crippen LogP contribution in [0.25, 0.3) is 22.2 Å². The number of aliphatic hydroxyl groups is 1. The first-order valence-corrected chi connectivity index (χ1v) is 8.36. The van der Waals surface area contributed by atoms with Crippen molar-refractivity contribution in [3.05, 3.63) is 82.7 Å². The van der Waals surface area contributed by atoms with Crippen LogP contribution in [0.5, 0.6) is 0 Å². The highest BCUT2D eigenvalue weighted by Gasteiger charge is 2.51. The predicted octanol–water partition coefficient (Wildman–Crippen LogP) is 3.98. The van der Waals surface area contributed by atoms with Crippen molar-refractivity contribution >= 4 is 28.2 Å². The number of nitrogens with zero attached hydrogens (tertiary/aromatic N) is 2. The fraction of sp³-hybridized carbons (Fsp3) is 0.0500. The van der Waals surface area contributed by atoms with Gasteiger partial charge in [-0.3, -0.25) is 4.79 Å². The largest absolute Gasteiger partial charge is 0.417 e. The molecule has 0 amide bonds. The molecule has 3 aromatic carbocycles. The number of halogens is 1. The Balaban J connectivity index is 1.69. The molecule has 5 rings (SSSR count). The molecule has 0 saturated carbocycles. The van der Waals surface area contributed by atoms with Crippen molar-refractivity contribution in [2.75, 3.05) is 0 Å². The number of carbonyl (C=O) groups is 1. The van der Waals surface area contributed by atoms with Crippen LogP contribution in [0.15, 0.2) is 65.1 Å². The minimum Gasteiger partial charge on any atom is -0.417 e. The van der Waals surface area contributed by atoms with Gasteiger partial charge >= 0.3 is 0 Å². The van der Waals surface area contributed by atoms with E-state index in [0.717, 1.165) is 5.39 Å². The van der Waals surface area contributed by atoms with Gasteiger partial charge in [-0.25, -0.2) is 0 Å². The van der Waals surface area contributed by atoms with Crippen molar-refractivity contribution < 1.29 is 14.3 Å². The maximum atomic E-state index is 13.0. The monoisotopic (exact) mass is 362 g/mol. The van der Waals surface area contributed by atoms with Crippen molar-refractivity contribution in [1.82, 2.24) is 10.2 Å². The van der Waals surface area contributed by atoms with Gasteiger partial charge in [0.1, 0.15) is 0 Å². The third-order valence-corrected chi connectivity index (χ3v) is 4.95. The van der Waals surface area contributed by atoms with Gasteiger partial charge in [-0.2, -0.15) is 0 Å². The second-order valence-corrected chi connectivity index (χ2v) is 6.60. The van der Waals surface area contributed by atoms with E-state index in [-0.39, 0.29) is 11.8 Å². The smallest absolute Gasteiger partial charge is 0.261 e. The molecule has 1 aromatic heterocycles.